The Morgan fingerprint density at radius 1 is 1.22 bits per heavy atom. The third-order valence-corrected chi connectivity index (χ3v) is 5.33. The summed E-state index contributed by atoms with van der Waals surface area (Å²) in [6.45, 7) is -0.914. The van der Waals surface area contributed by atoms with Crippen molar-refractivity contribution in [3.63, 3.8) is 0 Å². The maximum absolute atomic E-state index is 12.6. The third kappa shape index (κ3) is 6.01. The largest absolute Gasteiger partial charge is 0.493 e. The topological polar surface area (TPSA) is 38.8 Å². The van der Waals surface area contributed by atoms with Gasteiger partial charge in [0.05, 0.1) is 17.4 Å². The predicted molar refractivity (Wildman–Crippen MR) is 103 cm³/mol. The molecule has 1 amide bonds. The number of halogens is 3. The van der Waals surface area contributed by atoms with E-state index in [1.165, 1.54) is 35.9 Å². The van der Waals surface area contributed by atoms with Crippen molar-refractivity contribution in [2.75, 3.05) is 14.2 Å². The van der Waals surface area contributed by atoms with Gasteiger partial charge in [-0.05, 0) is 36.8 Å². The van der Waals surface area contributed by atoms with Crippen molar-refractivity contribution < 1.29 is 23.0 Å². The maximum atomic E-state index is 12.6. The van der Waals surface area contributed by atoms with E-state index >= 15 is 0 Å². The van der Waals surface area contributed by atoms with E-state index in [-0.39, 0.29) is 29.2 Å². The fourth-order valence-electron chi connectivity index (χ4n) is 2.45. The fraction of sp³-hybridized carbons (Fsp3) is 0.316. The highest BCUT2D eigenvalue weighted by atomic mass is 35.5. The lowest BCUT2D eigenvalue weighted by Crippen LogP contribution is -2.32. The molecule has 0 aliphatic rings. The van der Waals surface area contributed by atoms with Crippen LogP contribution in [0.1, 0.15) is 12.5 Å². The van der Waals surface area contributed by atoms with Crippen LogP contribution >= 0.6 is 23.4 Å². The van der Waals surface area contributed by atoms with Crippen molar-refractivity contribution in [3.8, 4) is 11.5 Å². The summed E-state index contributed by atoms with van der Waals surface area (Å²) in [6.07, 6.45) is 0. The minimum absolute atomic E-state index is 0.0654. The molecule has 2 aromatic rings. The van der Waals surface area contributed by atoms with Crippen LogP contribution in [0.5, 0.6) is 11.5 Å². The van der Waals surface area contributed by atoms with Crippen molar-refractivity contribution in [2.24, 2.45) is 0 Å². The maximum Gasteiger partial charge on any atom is 0.387 e. The van der Waals surface area contributed by atoms with Gasteiger partial charge in [0.1, 0.15) is 0 Å². The number of methoxy groups -OCH3 is 1. The Bertz CT molecular complexity index is 791. The summed E-state index contributed by atoms with van der Waals surface area (Å²) < 4.78 is 34.6. The zero-order chi connectivity index (χ0) is 20.0. The van der Waals surface area contributed by atoms with Gasteiger partial charge in [0.15, 0.2) is 11.5 Å². The molecule has 2 rings (SSSR count). The predicted octanol–water partition coefficient (Wildman–Crippen LogP) is 5.09. The Labute approximate surface area is 166 Å². The van der Waals surface area contributed by atoms with Gasteiger partial charge in [-0.2, -0.15) is 8.78 Å². The van der Waals surface area contributed by atoms with Gasteiger partial charge < -0.3 is 14.4 Å². The number of alkyl halides is 2. The highest BCUT2D eigenvalue weighted by Crippen LogP contribution is 2.32. The summed E-state index contributed by atoms with van der Waals surface area (Å²) in [5.41, 5.74) is 0.650. The summed E-state index contributed by atoms with van der Waals surface area (Å²) >= 11 is 7.50. The van der Waals surface area contributed by atoms with E-state index in [9.17, 15) is 13.6 Å². The van der Waals surface area contributed by atoms with E-state index in [1.54, 1.807) is 26.1 Å². The van der Waals surface area contributed by atoms with E-state index in [4.69, 9.17) is 16.3 Å². The standard InChI is InChI=1S/C19H20ClF2NO3S/c1-12(27-17-7-5-4-6-14(17)20)18(24)23(2)11-13-8-9-15(25-3)16(10-13)26-19(21)22/h4-10,12,19H,11H2,1-3H3. The highest BCUT2D eigenvalue weighted by molar-refractivity contribution is 8.00. The Morgan fingerprint density at radius 3 is 2.56 bits per heavy atom. The van der Waals surface area contributed by atoms with Crippen LogP contribution < -0.4 is 9.47 Å². The van der Waals surface area contributed by atoms with Crippen LogP contribution in [0, 0.1) is 0 Å². The number of carbonyl (C=O) groups is 1. The molecule has 0 spiro atoms. The van der Waals surface area contributed by atoms with Crippen LogP contribution in [0.15, 0.2) is 47.4 Å². The number of benzene rings is 2. The number of carbonyl (C=O) groups excluding carboxylic acids is 1. The van der Waals surface area contributed by atoms with Crippen LogP contribution in [0.25, 0.3) is 0 Å². The molecule has 0 aromatic heterocycles. The lowest BCUT2D eigenvalue weighted by atomic mass is 10.2. The first kappa shape index (κ1) is 21.3. The number of nitrogens with zero attached hydrogens (tertiary/aromatic N) is 1. The molecule has 0 heterocycles. The minimum atomic E-state index is -2.96. The molecule has 1 atom stereocenters. The Hall–Kier alpha value is -1.99. The molecular weight excluding hydrogens is 396 g/mol. The highest BCUT2D eigenvalue weighted by Gasteiger charge is 2.20. The van der Waals surface area contributed by atoms with Crippen LogP contribution in [-0.2, 0) is 11.3 Å². The molecular formula is C19H20ClF2NO3S. The van der Waals surface area contributed by atoms with E-state index < -0.39 is 6.61 Å². The van der Waals surface area contributed by atoms with E-state index in [0.29, 0.717) is 10.6 Å². The number of thioether (sulfide) groups is 1. The Morgan fingerprint density at radius 2 is 1.93 bits per heavy atom. The van der Waals surface area contributed by atoms with Crippen LogP contribution in [0.4, 0.5) is 8.78 Å². The molecule has 4 nitrogen and oxygen atoms in total. The van der Waals surface area contributed by atoms with Crippen LogP contribution in [0.3, 0.4) is 0 Å². The average Bonchev–Trinajstić information content (AvgIpc) is 2.62. The summed E-state index contributed by atoms with van der Waals surface area (Å²) in [6, 6.07) is 12.0. The smallest absolute Gasteiger partial charge is 0.387 e. The summed E-state index contributed by atoms with van der Waals surface area (Å²) in [4.78, 5) is 15.0. The Kier molecular flexibility index (Phi) is 7.74. The van der Waals surface area contributed by atoms with Crippen molar-refractivity contribution in [1.29, 1.82) is 0 Å². The van der Waals surface area contributed by atoms with E-state index in [0.717, 1.165) is 4.90 Å². The second kappa shape index (κ2) is 9.80. The molecule has 0 radical (unpaired) electrons. The first-order chi connectivity index (χ1) is 12.8. The molecule has 0 saturated heterocycles. The molecule has 0 aliphatic carbocycles. The van der Waals surface area contributed by atoms with Crippen molar-refractivity contribution in [1.82, 2.24) is 4.90 Å². The monoisotopic (exact) mass is 415 g/mol. The molecule has 27 heavy (non-hydrogen) atoms. The van der Waals surface area contributed by atoms with E-state index in [1.807, 2.05) is 18.2 Å². The number of hydrogen-bond donors (Lipinski definition) is 0. The molecule has 0 bridgehead atoms. The molecule has 0 aliphatic heterocycles. The first-order valence-electron chi connectivity index (χ1n) is 8.09. The van der Waals surface area contributed by atoms with Gasteiger partial charge in [0.2, 0.25) is 5.91 Å². The molecule has 2 aromatic carbocycles. The zero-order valence-corrected chi connectivity index (χ0v) is 16.7. The van der Waals surface area contributed by atoms with Crippen molar-refractivity contribution >= 4 is 29.3 Å². The first-order valence-corrected chi connectivity index (χ1v) is 9.35. The molecule has 8 heteroatoms. The third-order valence-electron chi connectivity index (χ3n) is 3.73. The average molecular weight is 416 g/mol. The van der Waals surface area contributed by atoms with Gasteiger partial charge in [0.25, 0.3) is 0 Å². The number of rotatable bonds is 8. The van der Waals surface area contributed by atoms with Crippen LogP contribution in [-0.4, -0.2) is 36.8 Å². The summed E-state index contributed by atoms with van der Waals surface area (Å²) in [7, 11) is 3.03. The van der Waals surface area contributed by atoms with Crippen molar-refractivity contribution in [2.45, 2.75) is 30.2 Å². The number of amides is 1. The normalized spacial score (nSPS) is 12.0. The summed E-state index contributed by atoms with van der Waals surface area (Å²) in [5.74, 6) is 0.0343. The second-order valence-electron chi connectivity index (χ2n) is 5.75. The molecule has 0 saturated carbocycles. The molecule has 146 valence electrons. The number of hydrogen-bond acceptors (Lipinski definition) is 4. The van der Waals surface area contributed by atoms with Gasteiger partial charge in [-0.3, -0.25) is 4.79 Å². The Balaban J connectivity index is 2.06. The summed E-state index contributed by atoms with van der Waals surface area (Å²) in [5, 5.41) is 0.235. The molecule has 0 N–H and O–H groups in total. The van der Waals surface area contributed by atoms with Gasteiger partial charge in [-0.25, -0.2) is 0 Å². The lowest BCUT2D eigenvalue weighted by Gasteiger charge is -2.22. The zero-order valence-electron chi connectivity index (χ0n) is 15.1. The van der Waals surface area contributed by atoms with Gasteiger partial charge in [-0.1, -0.05) is 29.8 Å². The van der Waals surface area contributed by atoms with Gasteiger partial charge >= 0.3 is 6.61 Å². The lowest BCUT2D eigenvalue weighted by molar-refractivity contribution is -0.129. The van der Waals surface area contributed by atoms with Gasteiger partial charge in [-0.15, -0.1) is 11.8 Å². The van der Waals surface area contributed by atoms with E-state index in [2.05, 4.69) is 4.74 Å². The number of ether oxygens (including phenoxy) is 2. The molecule has 1 unspecified atom stereocenters. The second-order valence-corrected chi connectivity index (χ2v) is 7.54. The van der Waals surface area contributed by atoms with Crippen LogP contribution in [0.2, 0.25) is 5.02 Å². The quantitative estimate of drug-likeness (QED) is 0.563. The van der Waals surface area contributed by atoms with Crippen molar-refractivity contribution in [3.05, 3.63) is 53.1 Å². The van der Waals surface area contributed by atoms with Gasteiger partial charge in [0, 0.05) is 18.5 Å². The minimum Gasteiger partial charge on any atom is -0.493 e. The molecule has 0 fully saturated rings. The fourth-order valence-corrected chi connectivity index (χ4v) is 3.72. The SMILES string of the molecule is COc1ccc(CN(C)C(=O)C(C)Sc2ccccc2Cl)cc1OC(F)F.